The van der Waals surface area contributed by atoms with E-state index < -0.39 is 4.92 Å². The number of non-ortho nitro benzene ring substituents is 1. The second-order valence-electron chi connectivity index (χ2n) is 6.24. The first-order chi connectivity index (χ1) is 11.4. The molecule has 0 spiro atoms. The van der Waals surface area contributed by atoms with Gasteiger partial charge in [-0.05, 0) is 49.1 Å². The number of hydrogen-bond acceptors (Lipinski definition) is 4. The summed E-state index contributed by atoms with van der Waals surface area (Å²) in [6, 6.07) is 8.80. The Labute approximate surface area is 139 Å². The summed E-state index contributed by atoms with van der Waals surface area (Å²) in [6.45, 7) is 7.80. The molecule has 0 saturated heterocycles. The molecule has 0 radical (unpaired) electrons. The minimum atomic E-state index is -0.393. The van der Waals surface area contributed by atoms with Crippen molar-refractivity contribution < 1.29 is 9.66 Å². The van der Waals surface area contributed by atoms with Crippen LogP contribution >= 0.6 is 0 Å². The molecule has 1 heterocycles. The molecule has 0 aliphatic carbocycles. The van der Waals surface area contributed by atoms with E-state index in [0.717, 1.165) is 27.7 Å². The number of nitrogens with zero attached hydrogens (tertiary/aromatic N) is 2. The molecule has 3 aromatic rings. The lowest BCUT2D eigenvalue weighted by atomic mass is 10.1. The number of aromatic amines is 1. The zero-order chi connectivity index (χ0) is 17.4. The first-order valence-corrected chi connectivity index (χ1v) is 7.78. The molecule has 0 saturated carbocycles. The summed E-state index contributed by atoms with van der Waals surface area (Å²) in [5.41, 5.74) is 3.50. The van der Waals surface area contributed by atoms with Crippen molar-refractivity contribution in [2.75, 3.05) is 0 Å². The molecule has 0 atom stereocenters. The van der Waals surface area contributed by atoms with Crippen molar-refractivity contribution in [2.45, 2.75) is 33.6 Å². The van der Waals surface area contributed by atoms with Crippen LogP contribution in [0.3, 0.4) is 0 Å². The second kappa shape index (κ2) is 5.96. The summed E-state index contributed by atoms with van der Waals surface area (Å²) in [5.74, 6) is 1.64. The first-order valence-electron chi connectivity index (χ1n) is 7.78. The Morgan fingerprint density at radius 2 is 1.83 bits per heavy atom. The molecule has 24 heavy (non-hydrogen) atoms. The van der Waals surface area contributed by atoms with Crippen LogP contribution in [0.5, 0.6) is 11.5 Å². The van der Waals surface area contributed by atoms with Crippen molar-refractivity contribution in [3.63, 3.8) is 0 Å². The number of nitro benzene ring substituents is 1. The maximum absolute atomic E-state index is 10.9. The fourth-order valence-electron chi connectivity index (χ4n) is 2.83. The molecule has 3 rings (SSSR count). The zero-order valence-corrected chi connectivity index (χ0v) is 14.1. The quantitative estimate of drug-likeness (QED) is 0.540. The predicted molar refractivity (Wildman–Crippen MR) is 92.8 cm³/mol. The molecule has 0 aliphatic rings. The van der Waals surface area contributed by atoms with Gasteiger partial charge >= 0.3 is 0 Å². The largest absolute Gasteiger partial charge is 0.457 e. The van der Waals surface area contributed by atoms with E-state index in [1.54, 1.807) is 0 Å². The summed E-state index contributed by atoms with van der Waals surface area (Å²) in [7, 11) is 0. The van der Waals surface area contributed by atoms with Gasteiger partial charge in [0.2, 0.25) is 0 Å². The molecule has 124 valence electrons. The van der Waals surface area contributed by atoms with E-state index in [2.05, 4.69) is 24.0 Å². The summed E-state index contributed by atoms with van der Waals surface area (Å²) in [4.78, 5) is 10.6. The van der Waals surface area contributed by atoms with E-state index in [1.165, 1.54) is 12.1 Å². The molecule has 6 heteroatoms. The summed E-state index contributed by atoms with van der Waals surface area (Å²) in [5, 5.41) is 19.4. The normalized spacial score (nSPS) is 11.2. The lowest BCUT2D eigenvalue weighted by Gasteiger charge is -2.12. The van der Waals surface area contributed by atoms with E-state index >= 15 is 0 Å². The van der Waals surface area contributed by atoms with Gasteiger partial charge in [-0.2, -0.15) is 5.10 Å². The highest BCUT2D eigenvalue weighted by Gasteiger charge is 2.15. The third kappa shape index (κ3) is 2.82. The van der Waals surface area contributed by atoms with Crippen LogP contribution in [-0.2, 0) is 0 Å². The number of H-pyrrole nitrogens is 1. The van der Waals surface area contributed by atoms with Gasteiger partial charge in [0.25, 0.3) is 5.69 Å². The molecule has 2 aromatic carbocycles. The Balaban J connectivity index is 2.01. The number of rotatable bonds is 4. The Hall–Kier alpha value is -2.89. The van der Waals surface area contributed by atoms with E-state index in [9.17, 15) is 10.1 Å². The number of aryl methyl sites for hydroxylation is 2. The number of ether oxygens (including phenoxy) is 1. The highest BCUT2D eigenvalue weighted by molar-refractivity contribution is 5.83. The molecular weight excluding hydrogens is 306 g/mol. The van der Waals surface area contributed by atoms with Gasteiger partial charge in [0.05, 0.1) is 16.1 Å². The van der Waals surface area contributed by atoms with Crippen molar-refractivity contribution in [3.8, 4) is 11.5 Å². The minimum Gasteiger partial charge on any atom is -0.457 e. The van der Waals surface area contributed by atoms with Crippen molar-refractivity contribution in [1.82, 2.24) is 10.2 Å². The zero-order valence-electron chi connectivity index (χ0n) is 14.1. The number of fused-ring (bicyclic) bond motifs is 1. The topological polar surface area (TPSA) is 81.0 Å². The summed E-state index contributed by atoms with van der Waals surface area (Å²) >= 11 is 0. The van der Waals surface area contributed by atoms with Crippen LogP contribution in [0.1, 0.15) is 36.6 Å². The number of nitro groups is 1. The fraction of sp³-hybridized carbons (Fsp3) is 0.278. The summed E-state index contributed by atoms with van der Waals surface area (Å²) in [6.07, 6.45) is 0. The van der Waals surface area contributed by atoms with Gasteiger partial charge in [-0.25, -0.2) is 0 Å². The molecule has 0 fully saturated rings. The van der Waals surface area contributed by atoms with Crippen LogP contribution in [0.2, 0.25) is 0 Å². The van der Waals surface area contributed by atoms with Gasteiger partial charge in [-0.3, -0.25) is 15.2 Å². The predicted octanol–water partition coefficient (Wildman–Crippen LogP) is 5.00. The van der Waals surface area contributed by atoms with Crippen LogP contribution in [0.25, 0.3) is 10.9 Å². The Morgan fingerprint density at radius 1 is 1.17 bits per heavy atom. The number of nitrogens with one attached hydrogen (secondary N) is 1. The highest BCUT2D eigenvalue weighted by atomic mass is 16.6. The van der Waals surface area contributed by atoms with E-state index in [4.69, 9.17) is 4.74 Å². The van der Waals surface area contributed by atoms with Crippen LogP contribution in [0, 0.1) is 24.0 Å². The summed E-state index contributed by atoms with van der Waals surface area (Å²) < 4.78 is 6.02. The van der Waals surface area contributed by atoms with Gasteiger partial charge in [0.15, 0.2) is 0 Å². The third-order valence-electron chi connectivity index (χ3n) is 3.99. The smallest absolute Gasteiger partial charge is 0.270 e. The van der Waals surface area contributed by atoms with Crippen molar-refractivity contribution in [2.24, 2.45) is 0 Å². The van der Waals surface area contributed by atoms with Crippen LogP contribution < -0.4 is 4.74 Å². The standard InChI is InChI=1S/C18H19N3O3/c1-10(2)17-15-9-14(5-6-16(15)19-20-17)24-18-11(3)7-13(21(22)23)8-12(18)4/h5-10H,1-4H3,(H,19,20). The highest BCUT2D eigenvalue weighted by Crippen LogP contribution is 2.34. The molecule has 0 bridgehead atoms. The van der Waals surface area contributed by atoms with Crippen molar-refractivity contribution in [1.29, 1.82) is 0 Å². The van der Waals surface area contributed by atoms with E-state index in [1.807, 2.05) is 32.0 Å². The number of benzene rings is 2. The molecule has 0 unspecified atom stereocenters. The molecule has 6 nitrogen and oxygen atoms in total. The first kappa shape index (κ1) is 16.0. The number of hydrogen-bond donors (Lipinski definition) is 1. The van der Waals surface area contributed by atoms with Crippen LogP contribution in [0.15, 0.2) is 30.3 Å². The Bertz CT molecular complexity index is 905. The minimum absolute atomic E-state index is 0.0738. The molecule has 1 aromatic heterocycles. The monoisotopic (exact) mass is 325 g/mol. The third-order valence-corrected chi connectivity index (χ3v) is 3.99. The van der Waals surface area contributed by atoms with Crippen LogP contribution in [-0.4, -0.2) is 15.1 Å². The Kier molecular flexibility index (Phi) is 3.97. The van der Waals surface area contributed by atoms with Gasteiger partial charge in [-0.1, -0.05) is 13.8 Å². The SMILES string of the molecule is Cc1cc([N+](=O)[O-])cc(C)c1Oc1ccc2[nH]nc(C(C)C)c2c1. The Morgan fingerprint density at radius 3 is 2.42 bits per heavy atom. The maximum atomic E-state index is 10.9. The van der Waals surface area contributed by atoms with Gasteiger partial charge in [-0.15, -0.1) is 0 Å². The van der Waals surface area contributed by atoms with Crippen molar-refractivity contribution >= 4 is 16.6 Å². The molecule has 1 N–H and O–H groups in total. The van der Waals surface area contributed by atoms with E-state index in [-0.39, 0.29) is 5.69 Å². The molecule has 0 aliphatic heterocycles. The van der Waals surface area contributed by atoms with Gasteiger partial charge in [0.1, 0.15) is 11.5 Å². The lowest BCUT2D eigenvalue weighted by molar-refractivity contribution is -0.385. The van der Waals surface area contributed by atoms with E-state index in [0.29, 0.717) is 17.4 Å². The average Bonchev–Trinajstić information content (AvgIpc) is 2.93. The lowest BCUT2D eigenvalue weighted by Crippen LogP contribution is -1.95. The fourth-order valence-corrected chi connectivity index (χ4v) is 2.83. The van der Waals surface area contributed by atoms with Gasteiger partial charge < -0.3 is 4.74 Å². The average molecular weight is 325 g/mol. The van der Waals surface area contributed by atoms with Gasteiger partial charge in [0, 0.05) is 17.5 Å². The number of aromatic nitrogens is 2. The maximum Gasteiger partial charge on any atom is 0.270 e. The second-order valence-corrected chi connectivity index (χ2v) is 6.24. The van der Waals surface area contributed by atoms with Crippen LogP contribution in [0.4, 0.5) is 5.69 Å². The molecular formula is C18H19N3O3. The molecule has 0 amide bonds. The van der Waals surface area contributed by atoms with Crippen molar-refractivity contribution in [3.05, 3.63) is 57.3 Å².